The van der Waals surface area contributed by atoms with Gasteiger partial charge in [0, 0.05) is 21.2 Å². The summed E-state index contributed by atoms with van der Waals surface area (Å²) in [4.78, 5) is 19.9. The first-order chi connectivity index (χ1) is 20.1. The van der Waals surface area contributed by atoms with E-state index in [1.807, 2.05) is 38.1 Å². The number of aliphatic hydroxyl groups is 1. The zero-order valence-electron chi connectivity index (χ0n) is 25.3. The Morgan fingerprint density at radius 1 is 1.02 bits per heavy atom. The van der Waals surface area contributed by atoms with Gasteiger partial charge in [0.2, 0.25) is 0 Å². The van der Waals surface area contributed by atoms with Gasteiger partial charge in [0.05, 0.1) is 12.9 Å². The normalized spacial score (nSPS) is 21.7. The van der Waals surface area contributed by atoms with Gasteiger partial charge in [-0.1, -0.05) is 81.4 Å². The number of aliphatic imine (C=N–C) groups is 1. The van der Waals surface area contributed by atoms with Gasteiger partial charge in [0.25, 0.3) is 8.32 Å². The molecule has 0 aliphatic carbocycles. The van der Waals surface area contributed by atoms with Crippen LogP contribution in [0.5, 0.6) is 0 Å². The van der Waals surface area contributed by atoms with E-state index < -0.39 is 32.9 Å². The van der Waals surface area contributed by atoms with E-state index in [1.54, 1.807) is 18.0 Å². The highest BCUT2D eigenvalue weighted by molar-refractivity contribution is 6.99. The van der Waals surface area contributed by atoms with E-state index in [1.165, 1.54) is 6.33 Å². The quantitative estimate of drug-likeness (QED) is 0.190. The van der Waals surface area contributed by atoms with Crippen LogP contribution in [0, 0.1) is 0 Å². The molecule has 0 unspecified atom stereocenters. The molecule has 4 aromatic rings. The minimum Gasteiger partial charge on any atom is -0.405 e. The summed E-state index contributed by atoms with van der Waals surface area (Å²) in [6, 6.07) is 20.8. The third kappa shape index (κ3) is 5.38. The summed E-state index contributed by atoms with van der Waals surface area (Å²) in [7, 11) is 2.57. The average Bonchev–Trinajstić information content (AvgIpc) is 3.54. The summed E-state index contributed by atoms with van der Waals surface area (Å²) in [5.74, 6) is 1.25. The molecule has 2 aromatic heterocycles. The molecular formula is C31H40N6O4Si. The van der Waals surface area contributed by atoms with E-state index in [0.717, 1.165) is 16.2 Å². The van der Waals surface area contributed by atoms with Crippen molar-refractivity contribution in [1.82, 2.24) is 24.4 Å². The molecule has 10 nitrogen and oxygen atoms in total. The summed E-state index contributed by atoms with van der Waals surface area (Å²) in [5.41, 5.74) is 1.08. The maximum Gasteiger partial charge on any atom is 0.261 e. The Hall–Kier alpha value is -3.48. The summed E-state index contributed by atoms with van der Waals surface area (Å²) >= 11 is 0. The number of benzene rings is 2. The van der Waals surface area contributed by atoms with Crippen molar-refractivity contribution in [2.45, 2.75) is 57.3 Å². The van der Waals surface area contributed by atoms with E-state index in [9.17, 15) is 5.11 Å². The van der Waals surface area contributed by atoms with Crippen molar-refractivity contribution in [3.63, 3.8) is 0 Å². The Labute approximate surface area is 248 Å². The molecule has 42 heavy (non-hydrogen) atoms. The number of rotatable bonds is 8. The van der Waals surface area contributed by atoms with Crippen LogP contribution < -0.4 is 10.4 Å². The van der Waals surface area contributed by atoms with Gasteiger partial charge >= 0.3 is 0 Å². The van der Waals surface area contributed by atoms with Gasteiger partial charge < -0.3 is 23.9 Å². The van der Waals surface area contributed by atoms with Crippen LogP contribution in [0.1, 0.15) is 33.9 Å². The second kappa shape index (κ2) is 12.0. The highest BCUT2D eigenvalue weighted by atomic mass is 28.4. The van der Waals surface area contributed by atoms with Crippen molar-refractivity contribution in [3.05, 3.63) is 73.3 Å². The molecule has 0 bridgehead atoms. The number of amidine groups is 1. The Morgan fingerprint density at radius 2 is 1.64 bits per heavy atom. The number of ether oxygens (including phenoxy) is 2. The minimum atomic E-state index is -2.83. The maximum absolute atomic E-state index is 11.5. The number of hydrogen-bond donors (Lipinski definition) is 1. The molecule has 5 rings (SSSR count). The van der Waals surface area contributed by atoms with E-state index in [0.29, 0.717) is 17.0 Å². The van der Waals surface area contributed by atoms with Gasteiger partial charge in [-0.05, 0) is 22.3 Å². The van der Waals surface area contributed by atoms with Crippen molar-refractivity contribution in [2.75, 3.05) is 27.8 Å². The number of imidazole rings is 1. The predicted molar refractivity (Wildman–Crippen MR) is 166 cm³/mol. The van der Waals surface area contributed by atoms with Crippen LogP contribution in [0.15, 0.2) is 78.3 Å². The first-order valence-corrected chi connectivity index (χ1v) is 16.0. The SMILES string of the molecule is CO[C@@H]1[C@H](O)[C@@H](CO[Si](c2ccccc2)(c2ccccc2)C(C)(C)C)O[C@H]1n1cnc2c(/N=C(\C)N(C)C)ncnc21. The number of aromatic nitrogens is 4. The number of aliphatic hydroxyl groups excluding tert-OH is 1. The second-order valence-electron chi connectivity index (χ2n) is 11.8. The van der Waals surface area contributed by atoms with Crippen LogP contribution in [0.25, 0.3) is 11.2 Å². The molecule has 0 amide bonds. The summed E-state index contributed by atoms with van der Waals surface area (Å²) in [6.07, 6.45) is 0.169. The third-order valence-electron chi connectivity index (χ3n) is 7.99. The van der Waals surface area contributed by atoms with Gasteiger partial charge in [-0.25, -0.2) is 19.9 Å². The van der Waals surface area contributed by atoms with Crippen molar-refractivity contribution >= 4 is 41.5 Å². The van der Waals surface area contributed by atoms with Crippen LogP contribution in [0.3, 0.4) is 0 Å². The summed E-state index contributed by atoms with van der Waals surface area (Å²) in [6.45, 7) is 8.76. The predicted octanol–water partition coefficient (Wildman–Crippen LogP) is 3.29. The van der Waals surface area contributed by atoms with Crippen molar-refractivity contribution in [3.8, 4) is 0 Å². The fourth-order valence-corrected chi connectivity index (χ4v) is 10.2. The van der Waals surface area contributed by atoms with Crippen LogP contribution in [-0.4, -0.2) is 89.8 Å². The van der Waals surface area contributed by atoms with E-state index in [-0.39, 0.29) is 11.6 Å². The fourth-order valence-electron chi connectivity index (χ4n) is 5.66. The molecule has 3 heterocycles. The molecule has 11 heteroatoms. The lowest BCUT2D eigenvalue weighted by atomic mass is 10.1. The van der Waals surface area contributed by atoms with Crippen LogP contribution in [0.4, 0.5) is 5.82 Å². The Bertz CT molecular complexity index is 1480. The van der Waals surface area contributed by atoms with E-state index in [4.69, 9.17) is 13.9 Å². The van der Waals surface area contributed by atoms with E-state index in [2.05, 4.69) is 89.2 Å². The Balaban J connectivity index is 1.48. The highest BCUT2D eigenvalue weighted by Crippen LogP contribution is 2.39. The van der Waals surface area contributed by atoms with Crippen LogP contribution in [-0.2, 0) is 13.9 Å². The zero-order valence-corrected chi connectivity index (χ0v) is 26.3. The third-order valence-corrected chi connectivity index (χ3v) is 13.0. The lowest BCUT2D eigenvalue weighted by Crippen LogP contribution is -2.67. The van der Waals surface area contributed by atoms with Gasteiger partial charge in [-0.15, -0.1) is 0 Å². The highest BCUT2D eigenvalue weighted by Gasteiger charge is 2.52. The number of hydrogen-bond acceptors (Lipinski definition) is 8. The van der Waals surface area contributed by atoms with Crippen LogP contribution >= 0.6 is 0 Å². The molecule has 1 aliphatic rings. The van der Waals surface area contributed by atoms with Crippen molar-refractivity contribution < 1.29 is 19.0 Å². The summed E-state index contributed by atoms with van der Waals surface area (Å²) in [5, 5.41) is 13.6. The molecule has 0 radical (unpaired) electrons. The molecule has 1 aliphatic heterocycles. The first-order valence-electron chi connectivity index (χ1n) is 14.1. The smallest absolute Gasteiger partial charge is 0.261 e. The average molecular weight is 589 g/mol. The molecule has 1 fully saturated rings. The first kappa shape index (κ1) is 30.0. The molecule has 1 saturated heterocycles. The van der Waals surface area contributed by atoms with Crippen molar-refractivity contribution in [2.24, 2.45) is 4.99 Å². The fraction of sp³-hybridized carbons (Fsp3) is 0.419. The molecule has 4 atom stereocenters. The van der Waals surface area contributed by atoms with E-state index >= 15 is 0 Å². The minimum absolute atomic E-state index is 0.185. The number of fused-ring (bicyclic) bond motifs is 1. The second-order valence-corrected chi connectivity index (χ2v) is 16.1. The molecule has 222 valence electrons. The molecule has 0 spiro atoms. The van der Waals surface area contributed by atoms with Crippen LogP contribution in [0.2, 0.25) is 5.04 Å². The number of nitrogens with zero attached hydrogens (tertiary/aromatic N) is 6. The molecule has 0 saturated carbocycles. The zero-order chi connectivity index (χ0) is 30.1. The lowest BCUT2D eigenvalue weighted by molar-refractivity contribution is -0.0567. The van der Waals surface area contributed by atoms with Gasteiger partial charge in [0.1, 0.15) is 30.5 Å². The standard InChI is InChI=1S/C31H40N6O4Si/c1-21(36(5)6)35-28-25-29(33-19-32-28)37(20-34-25)30-27(39-7)26(38)24(41-30)18-40-42(31(2,3)4,22-14-10-8-11-15-22)23-16-12-9-13-17-23/h8-17,19-20,24,26-27,30,38H,18H2,1-7H3/b35-21+/t24-,26-,27-,30-/m1/s1. The lowest BCUT2D eigenvalue weighted by Gasteiger charge is -2.43. The molecule has 2 aromatic carbocycles. The van der Waals surface area contributed by atoms with Gasteiger partial charge in [-0.3, -0.25) is 4.57 Å². The van der Waals surface area contributed by atoms with Gasteiger partial charge in [0.15, 0.2) is 23.2 Å². The monoisotopic (exact) mass is 588 g/mol. The Morgan fingerprint density at radius 3 is 2.19 bits per heavy atom. The largest absolute Gasteiger partial charge is 0.405 e. The Kier molecular flexibility index (Phi) is 8.58. The molecule has 1 N–H and O–H groups in total. The maximum atomic E-state index is 11.5. The van der Waals surface area contributed by atoms with Gasteiger partial charge in [-0.2, -0.15) is 0 Å². The van der Waals surface area contributed by atoms with Crippen molar-refractivity contribution in [1.29, 1.82) is 0 Å². The number of methoxy groups -OCH3 is 1. The molecular weight excluding hydrogens is 548 g/mol. The summed E-state index contributed by atoms with van der Waals surface area (Å²) < 4.78 is 21.2. The topological polar surface area (TPSA) is 107 Å².